The zero-order valence-electron chi connectivity index (χ0n) is 11.1. The van der Waals surface area contributed by atoms with Crippen molar-refractivity contribution < 1.29 is 4.79 Å². The van der Waals surface area contributed by atoms with Crippen molar-refractivity contribution in [3.05, 3.63) is 18.0 Å². The average molecular weight is 250 g/mol. The number of amides is 1. The van der Waals surface area contributed by atoms with E-state index in [4.69, 9.17) is 5.73 Å². The maximum atomic E-state index is 11.9. The summed E-state index contributed by atoms with van der Waals surface area (Å²) in [5.74, 6) is 0.642. The summed E-state index contributed by atoms with van der Waals surface area (Å²) < 4.78 is 1.75. The van der Waals surface area contributed by atoms with Gasteiger partial charge in [-0.25, -0.2) is 0 Å². The lowest BCUT2D eigenvalue weighted by Gasteiger charge is -2.29. The van der Waals surface area contributed by atoms with E-state index in [1.807, 2.05) is 20.2 Å². The maximum Gasteiger partial charge on any atom is 0.220 e. The van der Waals surface area contributed by atoms with Crippen LogP contribution < -0.4 is 11.1 Å². The summed E-state index contributed by atoms with van der Waals surface area (Å²) in [6.07, 6.45) is 7.32. The van der Waals surface area contributed by atoms with Crippen molar-refractivity contribution in [3.8, 4) is 0 Å². The van der Waals surface area contributed by atoms with Gasteiger partial charge in [0.05, 0.1) is 11.7 Å². The third kappa shape index (κ3) is 3.10. The van der Waals surface area contributed by atoms with Gasteiger partial charge in [-0.05, 0) is 37.7 Å². The Hall–Kier alpha value is -1.36. The number of aryl methyl sites for hydroxylation is 2. The van der Waals surface area contributed by atoms with E-state index in [0.717, 1.165) is 12.0 Å². The first-order valence-electron chi connectivity index (χ1n) is 6.52. The predicted molar refractivity (Wildman–Crippen MR) is 69.9 cm³/mol. The Morgan fingerprint density at radius 1 is 1.67 bits per heavy atom. The van der Waals surface area contributed by atoms with Crippen LogP contribution in [0.4, 0.5) is 0 Å². The van der Waals surface area contributed by atoms with E-state index in [1.165, 1.54) is 12.8 Å². The maximum absolute atomic E-state index is 11.9. The summed E-state index contributed by atoms with van der Waals surface area (Å²) in [6, 6.07) is 0. The SMILES string of the molecule is Cn1cc(CCC(=O)NC(C)(CN)C2CC2)cn1. The molecule has 1 amide bonds. The van der Waals surface area contributed by atoms with Crippen molar-refractivity contribution in [1.29, 1.82) is 0 Å². The Balaban J connectivity index is 1.81. The first-order chi connectivity index (χ1) is 8.53. The highest BCUT2D eigenvalue weighted by Gasteiger charge is 2.41. The largest absolute Gasteiger partial charge is 0.349 e. The van der Waals surface area contributed by atoms with E-state index < -0.39 is 0 Å². The molecule has 1 fully saturated rings. The molecular weight excluding hydrogens is 228 g/mol. The molecule has 100 valence electrons. The van der Waals surface area contributed by atoms with Crippen LogP contribution in [0.15, 0.2) is 12.4 Å². The summed E-state index contributed by atoms with van der Waals surface area (Å²) in [5, 5.41) is 7.18. The first-order valence-corrected chi connectivity index (χ1v) is 6.52. The monoisotopic (exact) mass is 250 g/mol. The fraction of sp³-hybridized carbons (Fsp3) is 0.692. The van der Waals surface area contributed by atoms with Crippen LogP contribution in [0.25, 0.3) is 0 Å². The normalized spacial score (nSPS) is 18.4. The topological polar surface area (TPSA) is 72.9 Å². The Bertz CT molecular complexity index is 424. The van der Waals surface area contributed by atoms with E-state index in [9.17, 15) is 4.79 Å². The molecule has 1 saturated carbocycles. The number of nitrogens with zero attached hydrogens (tertiary/aromatic N) is 2. The minimum atomic E-state index is -0.216. The van der Waals surface area contributed by atoms with Crippen molar-refractivity contribution in [2.75, 3.05) is 6.54 Å². The predicted octanol–water partition coefficient (Wildman–Crippen LogP) is 0.596. The van der Waals surface area contributed by atoms with E-state index >= 15 is 0 Å². The lowest BCUT2D eigenvalue weighted by atomic mass is 9.95. The van der Waals surface area contributed by atoms with Crippen molar-refractivity contribution in [1.82, 2.24) is 15.1 Å². The smallest absolute Gasteiger partial charge is 0.220 e. The third-order valence-electron chi connectivity index (χ3n) is 3.73. The second-order valence-electron chi connectivity index (χ2n) is 5.47. The van der Waals surface area contributed by atoms with E-state index in [2.05, 4.69) is 10.4 Å². The number of nitrogens with two attached hydrogens (primary N) is 1. The summed E-state index contributed by atoms with van der Waals surface area (Å²) in [6.45, 7) is 2.56. The summed E-state index contributed by atoms with van der Waals surface area (Å²) in [4.78, 5) is 11.9. The van der Waals surface area contributed by atoms with E-state index in [0.29, 0.717) is 18.9 Å². The molecule has 2 rings (SSSR count). The van der Waals surface area contributed by atoms with Crippen LogP contribution in [0.3, 0.4) is 0 Å². The molecule has 1 unspecified atom stereocenters. The first kappa shape index (κ1) is 13.1. The number of aromatic nitrogens is 2. The van der Waals surface area contributed by atoms with Gasteiger partial charge in [-0.2, -0.15) is 5.10 Å². The quantitative estimate of drug-likeness (QED) is 0.776. The number of nitrogens with one attached hydrogen (secondary N) is 1. The molecule has 1 aliphatic rings. The summed E-state index contributed by atoms with van der Waals surface area (Å²) >= 11 is 0. The van der Waals surface area contributed by atoms with Gasteiger partial charge in [0.15, 0.2) is 0 Å². The molecule has 0 aromatic carbocycles. The molecule has 1 aliphatic carbocycles. The average Bonchev–Trinajstić information content (AvgIpc) is 3.11. The minimum absolute atomic E-state index is 0.0821. The zero-order chi connectivity index (χ0) is 13.2. The van der Waals surface area contributed by atoms with Crippen LogP contribution in [0.2, 0.25) is 0 Å². The van der Waals surface area contributed by atoms with Gasteiger partial charge in [-0.3, -0.25) is 9.48 Å². The molecule has 0 radical (unpaired) electrons. The molecule has 1 aromatic rings. The third-order valence-corrected chi connectivity index (χ3v) is 3.73. The van der Waals surface area contributed by atoms with Crippen LogP contribution in [0.1, 0.15) is 31.7 Å². The number of hydrogen-bond donors (Lipinski definition) is 2. The van der Waals surface area contributed by atoms with Gasteiger partial charge in [0.1, 0.15) is 0 Å². The zero-order valence-corrected chi connectivity index (χ0v) is 11.1. The highest BCUT2D eigenvalue weighted by Crippen LogP contribution is 2.38. The molecule has 0 saturated heterocycles. The van der Waals surface area contributed by atoms with Crippen molar-refractivity contribution in [2.45, 2.75) is 38.1 Å². The highest BCUT2D eigenvalue weighted by atomic mass is 16.1. The van der Waals surface area contributed by atoms with Gasteiger partial charge in [-0.15, -0.1) is 0 Å². The van der Waals surface area contributed by atoms with Crippen LogP contribution in [-0.4, -0.2) is 27.8 Å². The molecule has 5 nitrogen and oxygen atoms in total. The van der Waals surface area contributed by atoms with Crippen molar-refractivity contribution in [3.63, 3.8) is 0 Å². The van der Waals surface area contributed by atoms with Crippen LogP contribution in [-0.2, 0) is 18.3 Å². The number of carbonyl (C=O) groups excluding carboxylic acids is 1. The van der Waals surface area contributed by atoms with Crippen LogP contribution in [0, 0.1) is 5.92 Å². The van der Waals surface area contributed by atoms with Crippen LogP contribution in [0.5, 0.6) is 0 Å². The molecule has 1 heterocycles. The Morgan fingerprint density at radius 2 is 2.39 bits per heavy atom. The lowest BCUT2D eigenvalue weighted by molar-refractivity contribution is -0.123. The second kappa shape index (κ2) is 5.10. The number of hydrogen-bond acceptors (Lipinski definition) is 3. The molecule has 0 aliphatic heterocycles. The molecular formula is C13H22N4O. The summed E-state index contributed by atoms with van der Waals surface area (Å²) in [5.41, 5.74) is 6.65. The molecule has 1 aromatic heterocycles. The molecule has 18 heavy (non-hydrogen) atoms. The van der Waals surface area contributed by atoms with Crippen molar-refractivity contribution in [2.24, 2.45) is 18.7 Å². The molecule has 5 heteroatoms. The van der Waals surface area contributed by atoms with Gasteiger partial charge < -0.3 is 11.1 Å². The van der Waals surface area contributed by atoms with Gasteiger partial charge in [0.25, 0.3) is 0 Å². The Morgan fingerprint density at radius 3 is 2.89 bits per heavy atom. The molecule has 1 atom stereocenters. The van der Waals surface area contributed by atoms with Crippen molar-refractivity contribution >= 4 is 5.91 Å². The highest BCUT2D eigenvalue weighted by molar-refractivity contribution is 5.77. The lowest BCUT2D eigenvalue weighted by Crippen LogP contribution is -2.53. The fourth-order valence-electron chi connectivity index (χ4n) is 2.28. The van der Waals surface area contributed by atoms with Gasteiger partial charge in [0, 0.05) is 26.2 Å². The van der Waals surface area contributed by atoms with E-state index in [1.54, 1.807) is 10.9 Å². The summed E-state index contributed by atoms with van der Waals surface area (Å²) in [7, 11) is 1.88. The molecule has 3 N–H and O–H groups in total. The number of rotatable bonds is 6. The standard InChI is InChI=1S/C13H22N4O/c1-13(9-14,11-4-5-11)16-12(18)6-3-10-7-15-17(2)8-10/h7-8,11H,3-6,9,14H2,1-2H3,(H,16,18). The Kier molecular flexibility index (Phi) is 3.71. The number of carbonyl (C=O) groups is 1. The van der Waals surface area contributed by atoms with Gasteiger partial charge in [0.2, 0.25) is 5.91 Å². The fourth-order valence-corrected chi connectivity index (χ4v) is 2.28. The molecule has 0 bridgehead atoms. The van der Waals surface area contributed by atoms with Gasteiger partial charge >= 0.3 is 0 Å². The Labute approximate surface area is 108 Å². The van der Waals surface area contributed by atoms with E-state index in [-0.39, 0.29) is 11.4 Å². The molecule has 0 spiro atoms. The van der Waals surface area contributed by atoms with Crippen LogP contribution >= 0.6 is 0 Å². The minimum Gasteiger partial charge on any atom is -0.349 e. The van der Waals surface area contributed by atoms with Gasteiger partial charge in [-0.1, -0.05) is 0 Å². The second-order valence-corrected chi connectivity index (χ2v) is 5.47.